The van der Waals surface area contributed by atoms with Crippen LogP contribution in [-0.4, -0.2) is 64.8 Å². The number of esters is 1. The molecule has 1 aromatic heterocycles. The van der Waals surface area contributed by atoms with Crippen molar-refractivity contribution in [2.75, 3.05) is 25.2 Å². The Kier molecular flexibility index (Phi) is 6.82. The molecule has 0 spiro atoms. The van der Waals surface area contributed by atoms with Crippen molar-refractivity contribution in [3.63, 3.8) is 0 Å². The third-order valence-corrected chi connectivity index (χ3v) is 8.06. The molecule has 1 aromatic carbocycles. The van der Waals surface area contributed by atoms with Gasteiger partial charge >= 0.3 is 5.97 Å². The van der Waals surface area contributed by atoms with Crippen LogP contribution in [0.3, 0.4) is 0 Å². The van der Waals surface area contributed by atoms with Crippen molar-refractivity contribution < 1.29 is 35.6 Å². The molecule has 1 N–H and O–H groups in total. The monoisotopic (exact) mass is 470 g/mol. The Bertz CT molecular complexity index is 1140. The number of furan rings is 1. The average molecular weight is 471 g/mol. The fourth-order valence-corrected chi connectivity index (χ4v) is 5.80. The third-order valence-electron chi connectivity index (χ3n) is 4.89. The highest BCUT2D eigenvalue weighted by molar-refractivity contribution is 7.91. The van der Waals surface area contributed by atoms with Crippen molar-refractivity contribution in [3.05, 3.63) is 54.0 Å². The largest absolute Gasteiger partial charge is 0.468 e. The molecule has 2 aromatic rings. The van der Waals surface area contributed by atoms with E-state index in [4.69, 9.17) is 9.15 Å². The highest BCUT2D eigenvalue weighted by atomic mass is 32.2. The molecule has 3 rings (SSSR count). The van der Waals surface area contributed by atoms with Gasteiger partial charge in [-0.1, -0.05) is 0 Å². The summed E-state index contributed by atoms with van der Waals surface area (Å²) in [6.45, 7) is -0.562. The fraction of sp³-hybridized carbons (Fsp3) is 0.368. The van der Waals surface area contributed by atoms with Crippen molar-refractivity contribution in [2.45, 2.75) is 23.9 Å². The Balaban J connectivity index is 1.53. The van der Waals surface area contributed by atoms with Crippen molar-refractivity contribution in [2.24, 2.45) is 0 Å². The van der Waals surface area contributed by atoms with Crippen LogP contribution in [-0.2, 0) is 35.9 Å². The molecule has 1 amide bonds. The number of carbonyl (C=O) groups is 2. The van der Waals surface area contributed by atoms with Gasteiger partial charge in [-0.25, -0.2) is 26.4 Å². The summed E-state index contributed by atoms with van der Waals surface area (Å²) in [6.07, 6.45) is 1.78. The molecule has 168 valence electrons. The van der Waals surface area contributed by atoms with E-state index in [-0.39, 0.29) is 28.5 Å². The minimum absolute atomic E-state index is 0.0168. The number of sulfone groups is 1. The molecule has 1 unspecified atom stereocenters. The lowest BCUT2D eigenvalue weighted by molar-refractivity contribution is -0.134. The van der Waals surface area contributed by atoms with Crippen LogP contribution in [0.4, 0.5) is 0 Å². The molecule has 1 saturated heterocycles. The number of amides is 1. The number of carbonyl (C=O) groups excluding carboxylic acids is 2. The first-order chi connectivity index (χ1) is 14.6. The van der Waals surface area contributed by atoms with Crippen molar-refractivity contribution in [1.29, 1.82) is 0 Å². The Morgan fingerprint density at radius 1 is 1.23 bits per heavy atom. The summed E-state index contributed by atoms with van der Waals surface area (Å²) >= 11 is 0. The third kappa shape index (κ3) is 5.93. The summed E-state index contributed by atoms with van der Waals surface area (Å²) < 4.78 is 60.1. The zero-order chi connectivity index (χ0) is 22.6. The molecule has 1 fully saturated rings. The summed E-state index contributed by atoms with van der Waals surface area (Å²) in [5.41, 5.74) is 0.0730. The first-order valence-corrected chi connectivity index (χ1v) is 12.6. The van der Waals surface area contributed by atoms with Gasteiger partial charge in [-0.3, -0.25) is 4.79 Å². The topological polar surface area (TPSA) is 140 Å². The molecule has 0 aliphatic carbocycles. The van der Waals surface area contributed by atoms with Gasteiger partial charge in [0.15, 0.2) is 16.4 Å². The van der Waals surface area contributed by atoms with E-state index < -0.39 is 44.4 Å². The molecule has 10 nitrogen and oxygen atoms in total. The van der Waals surface area contributed by atoms with Gasteiger partial charge in [-0.2, -0.15) is 0 Å². The molecule has 12 heteroatoms. The summed E-state index contributed by atoms with van der Waals surface area (Å²) in [5.74, 6) is -0.938. The fourth-order valence-electron chi connectivity index (χ4n) is 3.03. The van der Waals surface area contributed by atoms with Gasteiger partial charge in [0.25, 0.3) is 5.91 Å². The number of nitrogens with one attached hydrogen (secondary N) is 1. The molecular formula is C19H22N2O8S2. The maximum atomic E-state index is 12.3. The van der Waals surface area contributed by atoms with E-state index in [0.29, 0.717) is 12.2 Å². The van der Waals surface area contributed by atoms with Crippen LogP contribution in [0.1, 0.15) is 22.5 Å². The van der Waals surface area contributed by atoms with Crippen LogP contribution in [0, 0.1) is 0 Å². The molecule has 2 heterocycles. The second-order valence-corrected chi connectivity index (χ2v) is 11.1. The first kappa shape index (κ1) is 23.0. The predicted octanol–water partition coefficient (Wildman–Crippen LogP) is 0.560. The molecule has 0 bridgehead atoms. The minimum atomic E-state index is -3.81. The van der Waals surface area contributed by atoms with Gasteiger partial charge in [0.2, 0.25) is 10.0 Å². The van der Waals surface area contributed by atoms with E-state index in [1.165, 1.54) is 42.5 Å². The smallest absolute Gasteiger partial charge is 0.338 e. The second kappa shape index (κ2) is 9.20. The van der Waals surface area contributed by atoms with Gasteiger partial charge in [-0.05, 0) is 42.8 Å². The lowest BCUT2D eigenvalue weighted by atomic mass is 10.2. The second-order valence-electron chi connectivity index (χ2n) is 7.07. The predicted molar refractivity (Wildman–Crippen MR) is 109 cm³/mol. The van der Waals surface area contributed by atoms with Crippen LogP contribution in [0.15, 0.2) is 52.0 Å². The van der Waals surface area contributed by atoms with E-state index >= 15 is 0 Å². The number of ether oxygens (including phenoxy) is 1. The molecule has 1 atom stereocenters. The average Bonchev–Trinajstić information content (AvgIpc) is 3.39. The van der Waals surface area contributed by atoms with Crippen molar-refractivity contribution >= 4 is 31.7 Å². The van der Waals surface area contributed by atoms with Crippen LogP contribution in [0.25, 0.3) is 0 Å². The standard InChI is InChI=1S/C19H22N2O8S2/c1-21(15-8-10-30(24,25)13-15)18(22)12-29-19(23)14-4-6-17(7-5-14)31(26,27)20-11-16-3-2-9-28-16/h2-7,9,15,20H,8,10-13H2,1H3. The minimum Gasteiger partial charge on any atom is -0.468 e. The van der Waals surface area contributed by atoms with E-state index in [1.54, 1.807) is 12.1 Å². The Labute approximate surface area is 180 Å². The molecule has 31 heavy (non-hydrogen) atoms. The summed E-state index contributed by atoms with van der Waals surface area (Å²) in [4.78, 5) is 25.6. The first-order valence-electron chi connectivity index (χ1n) is 9.33. The van der Waals surface area contributed by atoms with Crippen LogP contribution in [0.5, 0.6) is 0 Å². The Morgan fingerprint density at radius 3 is 2.52 bits per heavy atom. The van der Waals surface area contributed by atoms with Crippen molar-refractivity contribution in [3.8, 4) is 0 Å². The number of rotatable bonds is 8. The maximum Gasteiger partial charge on any atom is 0.338 e. The van der Waals surface area contributed by atoms with E-state index in [1.807, 2.05) is 0 Å². The SMILES string of the molecule is CN(C(=O)COC(=O)c1ccc(S(=O)(=O)NCc2ccco2)cc1)C1CCS(=O)(=O)C1. The highest BCUT2D eigenvalue weighted by Gasteiger charge is 2.33. The van der Waals surface area contributed by atoms with E-state index in [9.17, 15) is 26.4 Å². The lowest BCUT2D eigenvalue weighted by Crippen LogP contribution is -2.40. The normalized spacial score (nSPS) is 17.9. The zero-order valence-corrected chi connectivity index (χ0v) is 18.3. The van der Waals surface area contributed by atoms with Gasteiger partial charge in [0.05, 0.1) is 34.8 Å². The summed E-state index contributed by atoms with van der Waals surface area (Å²) in [7, 11) is -5.48. The Morgan fingerprint density at radius 2 is 1.94 bits per heavy atom. The van der Waals surface area contributed by atoms with Gasteiger partial charge in [-0.15, -0.1) is 0 Å². The number of benzene rings is 1. The summed E-state index contributed by atoms with van der Waals surface area (Å²) in [6, 6.07) is 7.89. The summed E-state index contributed by atoms with van der Waals surface area (Å²) in [5, 5.41) is 0. The zero-order valence-electron chi connectivity index (χ0n) is 16.7. The van der Waals surface area contributed by atoms with Crippen LogP contribution < -0.4 is 4.72 Å². The number of nitrogens with zero attached hydrogens (tertiary/aromatic N) is 1. The quantitative estimate of drug-likeness (QED) is 0.552. The van der Waals surface area contributed by atoms with Crippen LogP contribution >= 0.6 is 0 Å². The van der Waals surface area contributed by atoms with Gasteiger partial charge in [0.1, 0.15) is 5.76 Å². The van der Waals surface area contributed by atoms with Crippen LogP contribution in [0.2, 0.25) is 0 Å². The molecule has 1 aliphatic rings. The Hall–Kier alpha value is -2.70. The van der Waals surface area contributed by atoms with Gasteiger partial charge < -0.3 is 14.1 Å². The molecule has 0 saturated carbocycles. The highest BCUT2D eigenvalue weighted by Crippen LogP contribution is 2.17. The van der Waals surface area contributed by atoms with E-state index in [0.717, 1.165) is 0 Å². The van der Waals surface area contributed by atoms with Crippen molar-refractivity contribution in [1.82, 2.24) is 9.62 Å². The number of hydrogen-bond donors (Lipinski definition) is 1. The maximum absolute atomic E-state index is 12.3. The van der Waals surface area contributed by atoms with Gasteiger partial charge in [0, 0.05) is 13.1 Å². The lowest BCUT2D eigenvalue weighted by Gasteiger charge is -2.23. The molecule has 0 radical (unpaired) electrons. The molecule has 1 aliphatic heterocycles. The number of hydrogen-bond acceptors (Lipinski definition) is 8. The number of likely N-dealkylation sites (N-methyl/N-ethyl adjacent to an activating group) is 1. The van der Waals surface area contributed by atoms with E-state index in [2.05, 4.69) is 4.72 Å². The molecular weight excluding hydrogens is 448 g/mol. The number of sulfonamides is 1.